The molecule has 13 heavy (non-hydrogen) atoms. The Labute approximate surface area is 76.6 Å². The standard InChI is InChI=1S/C11H11FO/c1-7-9(3-2-4-10(7)12)11(13)8-5-6-8/h2-4,8H,5-6H2,1H3. The Hall–Kier alpha value is -1.18. The van der Waals surface area contributed by atoms with Crippen molar-refractivity contribution in [3.8, 4) is 0 Å². The Morgan fingerprint density at radius 2 is 2.15 bits per heavy atom. The van der Waals surface area contributed by atoms with Crippen LogP contribution in [0.4, 0.5) is 4.39 Å². The number of rotatable bonds is 2. The molecule has 0 unspecified atom stereocenters. The number of hydrogen-bond donors (Lipinski definition) is 0. The maximum absolute atomic E-state index is 13.1. The fraction of sp³-hybridized carbons (Fsp3) is 0.364. The molecule has 1 nitrogen and oxygen atoms in total. The first-order chi connectivity index (χ1) is 6.20. The fourth-order valence-corrected chi connectivity index (χ4v) is 1.44. The zero-order valence-corrected chi connectivity index (χ0v) is 7.51. The monoisotopic (exact) mass is 178 g/mol. The minimum Gasteiger partial charge on any atom is -0.294 e. The summed E-state index contributed by atoms with van der Waals surface area (Å²) in [7, 11) is 0. The summed E-state index contributed by atoms with van der Waals surface area (Å²) >= 11 is 0. The van der Waals surface area contributed by atoms with Crippen molar-refractivity contribution >= 4 is 5.78 Å². The van der Waals surface area contributed by atoms with E-state index in [1.54, 1.807) is 19.1 Å². The highest BCUT2D eigenvalue weighted by Gasteiger charge is 2.31. The second kappa shape index (κ2) is 2.95. The molecule has 1 fully saturated rings. The van der Waals surface area contributed by atoms with Crippen LogP contribution in [0.1, 0.15) is 28.8 Å². The van der Waals surface area contributed by atoms with Gasteiger partial charge in [-0.05, 0) is 31.4 Å². The molecule has 1 saturated carbocycles. The van der Waals surface area contributed by atoms with Crippen molar-refractivity contribution in [2.45, 2.75) is 19.8 Å². The quantitative estimate of drug-likeness (QED) is 0.636. The highest BCUT2D eigenvalue weighted by atomic mass is 19.1. The second-order valence-electron chi connectivity index (χ2n) is 3.55. The molecule has 2 rings (SSSR count). The van der Waals surface area contributed by atoms with Crippen LogP contribution in [0, 0.1) is 18.7 Å². The average molecular weight is 178 g/mol. The van der Waals surface area contributed by atoms with Crippen LogP contribution in [-0.2, 0) is 0 Å². The molecule has 0 atom stereocenters. The van der Waals surface area contributed by atoms with E-state index in [0.29, 0.717) is 11.1 Å². The molecule has 1 aromatic rings. The third-order valence-corrected chi connectivity index (χ3v) is 2.48. The average Bonchev–Trinajstić information content (AvgIpc) is 2.91. The number of halogens is 1. The Kier molecular flexibility index (Phi) is 1.91. The van der Waals surface area contributed by atoms with Crippen LogP contribution in [0.25, 0.3) is 0 Å². The van der Waals surface area contributed by atoms with E-state index in [1.807, 2.05) is 0 Å². The third kappa shape index (κ3) is 1.48. The normalized spacial score (nSPS) is 15.8. The third-order valence-electron chi connectivity index (χ3n) is 2.48. The van der Waals surface area contributed by atoms with E-state index in [1.165, 1.54) is 6.07 Å². The van der Waals surface area contributed by atoms with Gasteiger partial charge < -0.3 is 0 Å². The minimum atomic E-state index is -0.286. The van der Waals surface area contributed by atoms with Gasteiger partial charge in [0.1, 0.15) is 5.82 Å². The number of ketones is 1. The lowest BCUT2D eigenvalue weighted by atomic mass is 10.0. The van der Waals surface area contributed by atoms with Crippen molar-refractivity contribution in [1.29, 1.82) is 0 Å². The summed E-state index contributed by atoms with van der Waals surface area (Å²) in [5.41, 5.74) is 1.04. The zero-order chi connectivity index (χ0) is 9.42. The van der Waals surface area contributed by atoms with Gasteiger partial charge in [0.25, 0.3) is 0 Å². The number of hydrogen-bond acceptors (Lipinski definition) is 1. The van der Waals surface area contributed by atoms with Crippen molar-refractivity contribution in [2.24, 2.45) is 5.92 Å². The van der Waals surface area contributed by atoms with E-state index in [2.05, 4.69) is 0 Å². The van der Waals surface area contributed by atoms with Crippen LogP contribution in [0.15, 0.2) is 18.2 Å². The molecule has 0 aliphatic heterocycles. The van der Waals surface area contributed by atoms with Crippen molar-refractivity contribution in [3.05, 3.63) is 35.1 Å². The molecule has 1 aliphatic rings. The summed E-state index contributed by atoms with van der Waals surface area (Å²) in [5, 5.41) is 0. The summed E-state index contributed by atoms with van der Waals surface area (Å²) in [5.74, 6) is -0.0102. The van der Waals surface area contributed by atoms with Gasteiger partial charge in [-0.2, -0.15) is 0 Å². The van der Waals surface area contributed by atoms with Gasteiger partial charge in [0.05, 0.1) is 0 Å². The maximum Gasteiger partial charge on any atom is 0.166 e. The largest absolute Gasteiger partial charge is 0.294 e. The van der Waals surface area contributed by atoms with Gasteiger partial charge in [0.2, 0.25) is 0 Å². The Bertz CT molecular complexity index is 353. The number of benzene rings is 1. The molecule has 68 valence electrons. The van der Waals surface area contributed by atoms with Crippen LogP contribution in [0.2, 0.25) is 0 Å². The Morgan fingerprint density at radius 3 is 2.77 bits per heavy atom. The molecule has 2 heteroatoms. The van der Waals surface area contributed by atoms with Gasteiger partial charge in [0.15, 0.2) is 5.78 Å². The van der Waals surface area contributed by atoms with E-state index >= 15 is 0 Å². The smallest absolute Gasteiger partial charge is 0.166 e. The van der Waals surface area contributed by atoms with Crippen LogP contribution in [-0.4, -0.2) is 5.78 Å². The topological polar surface area (TPSA) is 17.1 Å². The molecule has 1 aliphatic carbocycles. The Morgan fingerprint density at radius 1 is 1.46 bits per heavy atom. The first-order valence-electron chi connectivity index (χ1n) is 4.49. The van der Waals surface area contributed by atoms with Crippen molar-refractivity contribution in [3.63, 3.8) is 0 Å². The summed E-state index contributed by atoms with van der Waals surface area (Å²) in [6.07, 6.45) is 1.93. The van der Waals surface area contributed by atoms with E-state index in [0.717, 1.165) is 12.8 Å². The Balaban J connectivity index is 2.38. The van der Waals surface area contributed by atoms with E-state index in [9.17, 15) is 9.18 Å². The molecular weight excluding hydrogens is 167 g/mol. The molecule has 0 bridgehead atoms. The molecule has 0 aromatic heterocycles. The molecule has 0 amide bonds. The summed E-state index contributed by atoms with van der Waals surface area (Å²) in [4.78, 5) is 11.6. The van der Waals surface area contributed by atoms with Crippen molar-refractivity contribution in [2.75, 3.05) is 0 Å². The van der Waals surface area contributed by atoms with Crippen molar-refractivity contribution in [1.82, 2.24) is 0 Å². The molecule has 0 spiro atoms. The van der Waals surface area contributed by atoms with Crippen LogP contribution >= 0.6 is 0 Å². The lowest BCUT2D eigenvalue weighted by Gasteiger charge is -2.03. The first-order valence-corrected chi connectivity index (χ1v) is 4.49. The second-order valence-corrected chi connectivity index (χ2v) is 3.55. The number of carbonyl (C=O) groups is 1. The van der Waals surface area contributed by atoms with Gasteiger partial charge in [-0.15, -0.1) is 0 Å². The predicted molar refractivity (Wildman–Crippen MR) is 48.2 cm³/mol. The van der Waals surface area contributed by atoms with Crippen LogP contribution in [0.5, 0.6) is 0 Å². The summed E-state index contributed by atoms with van der Waals surface area (Å²) < 4.78 is 13.1. The van der Waals surface area contributed by atoms with Gasteiger partial charge in [0, 0.05) is 11.5 Å². The zero-order valence-electron chi connectivity index (χ0n) is 7.51. The van der Waals surface area contributed by atoms with Gasteiger partial charge in [-0.3, -0.25) is 4.79 Å². The van der Waals surface area contributed by atoms with E-state index < -0.39 is 0 Å². The fourth-order valence-electron chi connectivity index (χ4n) is 1.44. The lowest BCUT2D eigenvalue weighted by molar-refractivity contribution is 0.0966. The highest BCUT2D eigenvalue weighted by Crippen LogP contribution is 2.33. The molecule has 0 saturated heterocycles. The molecule has 0 N–H and O–H groups in total. The first kappa shape index (κ1) is 8.42. The van der Waals surface area contributed by atoms with E-state index in [-0.39, 0.29) is 17.5 Å². The van der Waals surface area contributed by atoms with Gasteiger partial charge in [-0.1, -0.05) is 12.1 Å². The molecule has 0 radical (unpaired) electrons. The molecular formula is C11H11FO. The summed E-state index contributed by atoms with van der Waals surface area (Å²) in [6, 6.07) is 4.69. The SMILES string of the molecule is Cc1c(F)cccc1C(=O)C1CC1. The number of carbonyl (C=O) groups excluding carboxylic acids is 1. The van der Waals surface area contributed by atoms with Gasteiger partial charge in [-0.25, -0.2) is 4.39 Å². The number of Topliss-reactive ketones (excluding diaryl/α,β-unsaturated/α-hetero) is 1. The highest BCUT2D eigenvalue weighted by molar-refractivity contribution is 6.00. The maximum atomic E-state index is 13.1. The summed E-state index contributed by atoms with van der Waals surface area (Å²) in [6.45, 7) is 1.66. The molecule has 1 aromatic carbocycles. The minimum absolute atomic E-state index is 0.108. The van der Waals surface area contributed by atoms with E-state index in [4.69, 9.17) is 0 Å². The lowest BCUT2D eigenvalue weighted by Crippen LogP contribution is -2.04. The van der Waals surface area contributed by atoms with Gasteiger partial charge >= 0.3 is 0 Å². The van der Waals surface area contributed by atoms with Crippen LogP contribution in [0.3, 0.4) is 0 Å². The molecule has 0 heterocycles. The predicted octanol–water partition coefficient (Wildman–Crippen LogP) is 2.73. The van der Waals surface area contributed by atoms with Crippen LogP contribution < -0.4 is 0 Å². The van der Waals surface area contributed by atoms with Crippen molar-refractivity contribution < 1.29 is 9.18 Å².